The summed E-state index contributed by atoms with van der Waals surface area (Å²) in [6.07, 6.45) is 1.89. The number of piperazine rings is 1. The Bertz CT molecular complexity index is 449. The van der Waals surface area contributed by atoms with Crippen LogP contribution in [0.2, 0.25) is 5.02 Å². The fraction of sp³-hybridized carbons (Fsp3) is 0.625. The van der Waals surface area contributed by atoms with Crippen molar-refractivity contribution in [1.29, 1.82) is 0 Å². The van der Waals surface area contributed by atoms with Gasteiger partial charge in [0.05, 0.1) is 0 Å². The van der Waals surface area contributed by atoms with E-state index in [0.29, 0.717) is 6.04 Å². The van der Waals surface area contributed by atoms with Crippen LogP contribution in [0.3, 0.4) is 0 Å². The van der Waals surface area contributed by atoms with Gasteiger partial charge in [-0.25, -0.2) is 0 Å². The summed E-state index contributed by atoms with van der Waals surface area (Å²) in [5, 5.41) is 0.800. The van der Waals surface area contributed by atoms with Crippen molar-refractivity contribution in [3.8, 4) is 0 Å². The van der Waals surface area contributed by atoms with Crippen LogP contribution in [0.1, 0.15) is 25.8 Å². The van der Waals surface area contributed by atoms with Gasteiger partial charge in [-0.2, -0.15) is 0 Å². The van der Waals surface area contributed by atoms with Crippen molar-refractivity contribution >= 4 is 17.3 Å². The first-order valence-electron chi connectivity index (χ1n) is 7.50. The molecule has 2 rings (SSSR count). The number of halogens is 1. The second kappa shape index (κ2) is 6.79. The van der Waals surface area contributed by atoms with Gasteiger partial charge >= 0.3 is 0 Å². The number of anilines is 1. The van der Waals surface area contributed by atoms with E-state index >= 15 is 0 Å². The van der Waals surface area contributed by atoms with Crippen LogP contribution in [0.15, 0.2) is 18.2 Å². The van der Waals surface area contributed by atoms with Crippen LogP contribution in [0.5, 0.6) is 0 Å². The van der Waals surface area contributed by atoms with Crippen LogP contribution in [-0.2, 0) is 6.42 Å². The molecule has 1 aliphatic rings. The van der Waals surface area contributed by atoms with E-state index in [4.69, 9.17) is 17.3 Å². The molecule has 112 valence electrons. The summed E-state index contributed by atoms with van der Waals surface area (Å²) in [4.78, 5) is 4.88. The van der Waals surface area contributed by atoms with Gasteiger partial charge in [-0.05, 0) is 50.6 Å². The fourth-order valence-electron chi connectivity index (χ4n) is 2.72. The molecule has 1 aromatic rings. The summed E-state index contributed by atoms with van der Waals surface area (Å²) in [5.74, 6) is 0. The second-order valence-corrected chi connectivity index (χ2v) is 6.36. The molecular formula is C16H26ClN3. The SMILES string of the molecule is CCC(N)Cc1cc(Cl)ccc1N1CCN(C)C(C)C1. The van der Waals surface area contributed by atoms with Crippen molar-refractivity contribution in [2.45, 2.75) is 38.8 Å². The van der Waals surface area contributed by atoms with Gasteiger partial charge in [-0.1, -0.05) is 18.5 Å². The minimum atomic E-state index is 0.206. The number of hydrogen-bond acceptors (Lipinski definition) is 3. The van der Waals surface area contributed by atoms with Crippen molar-refractivity contribution in [3.63, 3.8) is 0 Å². The van der Waals surface area contributed by atoms with E-state index in [-0.39, 0.29) is 6.04 Å². The van der Waals surface area contributed by atoms with Crippen molar-refractivity contribution in [3.05, 3.63) is 28.8 Å². The molecular weight excluding hydrogens is 270 g/mol. The molecule has 2 atom stereocenters. The molecule has 2 N–H and O–H groups in total. The minimum Gasteiger partial charge on any atom is -0.368 e. The molecule has 1 saturated heterocycles. The van der Waals surface area contributed by atoms with Crippen LogP contribution in [0, 0.1) is 0 Å². The van der Waals surface area contributed by atoms with Crippen LogP contribution in [0.25, 0.3) is 0 Å². The third-order valence-corrected chi connectivity index (χ3v) is 4.58. The Morgan fingerprint density at radius 2 is 2.15 bits per heavy atom. The van der Waals surface area contributed by atoms with E-state index in [1.165, 1.54) is 11.3 Å². The van der Waals surface area contributed by atoms with Gasteiger partial charge in [0.1, 0.15) is 0 Å². The molecule has 0 radical (unpaired) electrons. The summed E-state index contributed by atoms with van der Waals surface area (Å²) in [6, 6.07) is 7.00. The van der Waals surface area contributed by atoms with Gasteiger partial charge in [0, 0.05) is 42.4 Å². The number of likely N-dealkylation sites (N-methyl/N-ethyl adjacent to an activating group) is 1. The van der Waals surface area contributed by atoms with E-state index in [9.17, 15) is 0 Å². The Morgan fingerprint density at radius 3 is 2.80 bits per heavy atom. The molecule has 0 aromatic heterocycles. The highest BCUT2D eigenvalue weighted by Crippen LogP contribution is 2.27. The molecule has 1 heterocycles. The van der Waals surface area contributed by atoms with Crippen molar-refractivity contribution in [2.75, 3.05) is 31.6 Å². The fourth-order valence-corrected chi connectivity index (χ4v) is 2.91. The third-order valence-electron chi connectivity index (χ3n) is 4.35. The number of nitrogens with two attached hydrogens (primary N) is 1. The second-order valence-electron chi connectivity index (χ2n) is 5.92. The summed E-state index contributed by atoms with van der Waals surface area (Å²) in [5.41, 5.74) is 8.72. The summed E-state index contributed by atoms with van der Waals surface area (Å²) in [6.45, 7) is 7.64. The lowest BCUT2D eigenvalue weighted by Crippen LogP contribution is -2.50. The number of benzene rings is 1. The smallest absolute Gasteiger partial charge is 0.0410 e. The largest absolute Gasteiger partial charge is 0.368 e. The number of nitrogens with zero attached hydrogens (tertiary/aromatic N) is 2. The van der Waals surface area contributed by atoms with Crippen LogP contribution in [-0.4, -0.2) is 43.7 Å². The van der Waals surface area contributed by atoms with Gasteiger partial charge in [-0.15, -0.1) is 0 Å². The average molecular weight is 296 g/mol. The summed E-state index contributed by atoms with van der Waals surface area (Å²) < 4.78 is 0. The highest BCUT2D eigenvalue weighted by atomic mass is 35.5. The van der Waals surface area contributed by atoms with E-state index < -0.39 is 0 Å². The topological polar surface area (TPSA) is 32.5 Å². The maximum Gasteiger partial charge on any atom is 0.0410 e. The van der Waals surface area contributed by atoms with Gasteiger partial charge in [0.25, 0.3) is 0 Å². The molecule has 0 saturated carbocycles. The lowest BCUT2D eigenvalue weighted by atomic mass is 10.0. The Balaban J connectivity index is 2.22. The van der Waals surface area contributed by atoms with Crippen LogP contribution < -0.4 is 10.6 Å². The first-order chi connectivity index (χ1) is 9.51. The Kier molecular flexibility index (Phi) is 5.30. The maximum absolute atomic E-state index is 6.17. The molecule has 2 unspecified atom stereocenters. The number of rotatable bonds is 4. The molecule has 1 aliphatic heterocycles. The molecule has 20 heavy (non-hydrogen) atoms. The normalized spacial score (nSPS) is 22.1. The van der Waals surface area contributed by atoms with E-state index in [2.05, 4.69) is 42.8 Å². The Morgan fingerprint density at radius 1 is 1.40 bits per heavy atom. The van der Waals surface area contributed by atoms with Gasteiger partial charge < -0.3 is 15.5 Å². The zero-order chi connectivity index (χ0) is 14.7. The van der Waals surface area contributed by atoms with Gasteiger partial charge in [0.15, 0.2) is 0 Å². The first kappa shape index (κ1) is 15.6. The Labute approximate surface area is 127 Å². The highest BCUT2D eigenvalue weighted by Gasteiger charge is 2.22. The van der Waals surface area contributed by atoms with Gasteiger partial charge in [0.2, 0.25) is 0 Å². The monoisotopic (exact) mass is 295 g/mol. The molecule has 4 heteroatoms. The zero-order valence-electron chi connectivity index (χ0n) is 12.8. The van der Waals surface area contributed by atoms with Crippen LogP contribution >= 0.6 is 11.6 Å². The molecule has 0 bridgehead atoms. The lowest BCUT2D eigenvalue weighted by molar-refractivity contribution is 0.234. The van der Waals surface area contributed by atoms with E-state index in [1.54, 1.807) is 0 Å². The van der Waals surface area contributed by atoms with Crippen molar-refractivity contribution in [1.82, 2.24) is 4.90 Å². The first-order valence-corrected chi connectivity index (χ1v) is 7.88. The lowest BCUT2D eigenvalue weighted by Gasteiger charge is -2.40. The van der Waals surface area contributed by atoms with E-state index in [1.807, 2.05) is 6.07 Å². The standard InChI is InChI=1S/C16H26ClN3/c1-4-15(18)10-13-9-14(17)5-6-16(13)20-8-7-19(3)12(2)11-20/h5-6,9,12,15H,4,7-8,10-11,18H2,1-3H3. The predicted octanol–water partition coefficient (Wildman–Crippen LogP) is 2.76. The van der Waals surface area contributed by atoms with E-state index in [0.717, 1.165) is 37.5 Å². The maximum atomic E-state index is 6.17. The summed E-state index contributed by atoms with van der Waals surface area (Å²) in [7, 11) is 2.19. The average Bonchev–Trinajstić information content (AvgIpc) is 2.42. The van der Waals surface area contributed by atoms with Crippen molar-refractivity contribution < 1.29 is 0 Å². The molecule has 1 fully saturated rings. The minimum absolute atomic E-state index is 0.206. The quantitative estimate of drug-likeness (QED) is 0.927. The molecule has 0 amide bonds. The summed E-state index contributed by atoms with van der Waals surface area (Å²) >= 11 is 6.17. The third kappa shape index (κ3) is 3.66. The van der Waals surface area contributed by atoms with Crippen LogP contribution in [0.4, 0.5) is 5.69 Å². The molecule has 0 aliphatic carbocycles. The molecule has 0 spiro atoms. The molecule has 1 aromatic carbocycles. The molecule has 3 nitrogen and oxygen atoms in total. The number of hydrogen-bond donors (Lipinski definition) is 1. The van der Waals surface area contributed by atoms with Crippen molar-refractivity contribution in [2.24, 2.45) is 5.73 Å². The predicted molar refractivity (Wildman–Crippen MR) is 87.7 cm³/mol. The highest BCUT2D eigenvalue weighted by molar-refractivity contribution is 6.30. The van der Waals surface area contributed by atoms with Gasteiger partial charge in [-0.3, -0.25) is 0 Å². The zero-order valence-corrected chi connectivity index (χ0v) is 13.5. The Hall–Kier alpha value is -0.770.